The SMILES string of the molecule is COC(=O)CC1CC=CC(C2CCN(C3CCCCCCC3)CC2)C1=NC#N. The van der Waals surface area contributed by atoms with Gasteiger partial charge in [0.25, 0.3) is 0 Å². The first-order chi connectivity index (χ1) is 13.7. The van der Waals surface area contributed by atoms with Crippen LogP contribution in [0.3, 0.4) is 0 Å². The number of carbonyl (C=O) groups is 1. The third-order valence-electron chi connectivity index (χ3n) is 7.02. The van der Waals surface area contributed by atoms with Gasteiger partial charge in [0.15, 0.2) is 0 Å². The Morgan fingerprint density at radius 1 is 1.18 bits per heavy atom. The lowest BCUT2D eigenvalue weighted by molar-refractivity contribution is -0.141. The van der Waals surface area contributed by atoms with Gasteiger partial charge in [0.05, 0.1) is 13.5 Å². The van der Waals surface area contributed by atoms with E-state index in [1.165, 1.54) is 52.1 Å². The second-order valence-corrected chi connectivity index (χ2v) is 8.68. The van der Waals surface area contributed by atoms with Gasteiger partial charge in [-0.15, -0.1) is 0 Å². The van der Waals surface area contributed by atoms with Gasteiger partial charge in [-0.05, 0) is 51.1 Å². The normalized spacial score (nSPS) is 29.8. The lowest BCUT2D eigenvalue weighted by atomic mass is 9.73. The number of esters is 1. The van der Waals surface area contributed by atoms with Crippen molar-refractivity contribution in [2.75, 3.05) is 20.2 Å². The molecule has 0 aromatic heterocycles. The van der Waals surface area contributed by atoms with Crippen LogP contribution >= 0.6 is 0 Å². The van der Waals surface area contributed by atoms with Crippen LogP contribution in [0.4, 0.5) is 0 Å². The van der Waals surface area contributed by atoms with Gasteiger partial charge in [-0.1, -0.05) is 44.3 Å². The monoisotopic (exact) mass is 385 g/mol. The Morgan fingerprint density at radius 2 is 1.86 bits per heavy atom. The predicted molar refractivity (Wildman–Crippen MR) is 111 cm³/mol. The summed E-state index contributed by atoms with van der Waals surface area (Å²) in [5.41, 5.74) is 0.903. The molecular weight excluding hydrogens is 350 g/mol. The zero-order chi connectivity index (χ0) is 19.8. The molecule has 2 aliphatic carbocycles. The number of hydrogen-bond acceptors (Lipinski definition) is 5. The molecule has 0 spiro atoms. The van der Waals surface area contributed by atoms with Gasteiger partial charge in [0.2, 0.25) is 6.19 Å². The van der Waals surface area contributed by atoms with E-state index in [0.717, 1.165) is 44.1 Å². The molecule has 3 aliphatic rings. The number of rotatable bonds is 4. The summed E-state index contributed by atoms with van der Waals surface area (Å²) in [6, 6.07) is 0.766. The Labute approximate surface area is 169 Å². The van der Waals surface area contributed by atoms with Gasteiger partial charge in [0, 0.05) is 23.6 Å². The minimum atomic E-state index is -0.219. The molecule has 2 atom stereocenters. The lowest BCUT2D eigenvalue weighted by Crippen LogP contribution is -2.44. The van der Waals surface area contributed by atoms with Crippen molar-refractivity contribution in [1.29, 1.82) is 5.26 Å². The topological polar surface area (TPSA) is 65.7 Å². The van der Waals surface area contributed by atoms with Crippen LogP contribution in [0.1, 0.15) is 70.6 Å². The van der Waals surface area contributed by atoms with E-state index in [1.807, 2.05) is 6.19 Å². The molecule has 1 aliphatic heterocycles. The van der Waals surface area contributed by atoms with Crippen LogP contribution in [-0.2, 0) is 9.53 Å². The van der Waals surface area contributed by atoms with Crippen molar-refractivity contribution < 1.29 is 9.53 Å². The molecule has 0 radical (unpaired) electrons. The standard InChI is InChI=1S/C23H35N3O2/c1-28-22(27)16-19-8-7-11-21(23(19)25-17-24)18-12-14-26(15-13-18)20-9-5-3-2-4-6-10-20/h7,11,18-21H,2-6,8-10,12-16H2,1H3. The molecule has 2 unspecified atom stereocenters. The highest BCUT2D eigenvalue weighted by Gasteiger charge is 2.35. The Morgan fingerprint density at radius 3 is 2.50 bits per heavy atom. The third-order valence-corrected chi connectivity index (χ3v) is 7.02. The summed E-state index contributed by atoms with van der Waals surface area (Å²) in [6.07, 6.45) is 19.5. The molecular formula is C23H35N3O2. The van der Waals surface area contributed by atoms with Gasteiger partial charge in [-0.3, -0.25) is 4.79 Å². The average Bonchev–Trinajstić information content (AvgIpc) is 2.69. The van der Waals surface area contributed by atoms with E-state index in [2.05, 4.69) is 22.0 Å². The quantitative estimate of drug-likeness (QED) is 0.406. The summed E-state index contributed by atoms with van der Waals surface area (Å²) >= 11 is 0. The first kappa shape index (κ1) is 21.0. The van der Waals surface area contributed by atoms with Crippen LogP contribution in [-0.4, -0.2) is 42.8 Å². The van der Waals surface area contributed by atoms with Crippen LogP contribution in [0.15, 0.2) is 17.1 Å². The van der Waals surface area contributed by atoms with Crippen molar-refractivity contribution in [2.45, 2.75) is 76.7 Å². The summed E-state index contributed by atoms with van der Waals surface area (Å²) < 4.78 is 4.85. The van der Waals surface area contributed by atoms with Crippen LogP contribution in [0.2, 0.25) is 0 Å². The van der Waals surface area contributed by atoms with Crippen molar-refractivity contribution in [1.82, 2.24) is 4.90 Å². The number of nitriles is 1. The number of aliphatic imine (C=N–C) groups is 1. The van der Waals surface area contributed by atoms with Gasteiger partial charge in [0.1, 0.15) is 0 Å². The Balaban J connectivity index is 1.61. The lowest BCUT2D eigenvalue weighted by Gasteiger charge is -2.41. The average molecular weight is 386 g/mol. The molecule has 3 rings (SSSR count). The van der Waals surface area contributed by atoms with Crippen molar-refractivity contribution >= 4 is 11.7 Å². The predicted octanol–water partition coefficient (Wildman–Crippen LogP) is 4.49. The zero-order valence-electron chi connectivity index (χ0n) is 17.3. The molecule has 28 heavy (non-hydrogen) atoms. The summed E-state index contributed by atoms with van der Waals surface area (Å²) in [7, 11) is 1.42. The fourth-order valence-corrected chi connectivity index (χ4v) is 5.42. The molecule has 0 amide bonds. The van der Waals surface area contributed by atoms with E-state index in [1.54, 1.807) is 0 Å². The number of piperidine rings is 1. The first-order valence-electron chi connectivity index (χ1n) is 11.2. The van der Waals surface area contributed by atoms with E-state index < -0.39 is 0 Å². The van der Waals surface area contributed by atoms with E-state index in [4.69, 9.17) is 4.74 Å². The molecule has 0 bridgehead atoms. The van der Waals surface area contributed by atoms with Crippen LogP contribution in [0.25, 0.3) is 0 Å². The number of carbonyl (C=O) groups excluding carboxylic acids is 1. The second kappa shape index (κ2) is 10.8. The smallest absolute Gasteiger partial charge is 0.306 e. The molecule has 1 saturated carbocycles. The molecule has 2 fully saturated rings. The summed E-state index contributed by atoms with van der Waals surface area (Å²) in [6.45, 7) is 2.31. The largest absolute Gasteiger partial charge is 0.469 e. The number of allylic oxidation sites excluding steroid dienone is 2. The van der Waals surface area contributed by atoms with Crippen molar-refractivity contribution in [3.05, 3.63) is 12.2 Å². The van der Waals surface area contributed by atoms with E-state index in [0.29, 0.717) is 12.3 Å². The molecule has 0 aromatic rings. The van der Waals surface area contributed by atoms with E-state index >= 15 is 0 Å². The molecule has 0 aromatic carbocycles. The Kier molecular flexibility index (Phi) is 8.09. The Hall–Kier alpha value is -1.67. The van der Waals surface area contributed by atoms with Gasteiger partial charge in [-0.2, -0.15) is 10.3 Å². The number of hydrogen-bond donors (Lipinski definition) is 0. The molecule has 0 N–H and O–H groups in total. The highest BCUT2D eigenvalue weighted by Crippen LogP contribution is 2.36. The number of nitrogens with zero attached hydrogens (tertiary/aromatic N) is 3. The van der Waals surface area contributed by atoms with Crippen molar-refractivity contribution in [3.63, 3.8) is 0 Å². The Bertz CT molecular complexity index is 606. The third kappa shape index (κ3) is 5.44. The van der Waals surface area contributed by atoms with Crippen molar-refractivity contribution in [3.8, 4) is 6.19 Å². The molecule has 1 saturated heterocycles. The fraction of sp³-hybridized carbons (Fsp3) is 0.783. The summed E-state index contributed by atoms with van der Waals surface area (Å²) in [5, 5.41) is 9.22. The number of ether oxygens (including phenoxy) is 1. The van der Waals surface area contributed by atoms with E-state index in [9.17, 15) is 10.1 Å². The van der Waals surface area contributed by atoms with E-state index in [-0.39, 0.29) is 17.8 Å². The number of likely N-dealkylation sites (tertiary alicyclic amines) is 1. The molecule has 154 valence electrons. The zero-order valence-corrected chi connectivity index (χ0v) is 17.3. The first-order valence-corrected chi connectivity index (χ1v) is 11.2. The van der Waals surface area contributed by atoms with Crippen LogP contribution < -0.4 is 0 Å². The molecule has 5 nitrogen and oxygen atoms in total. The molecule has 5 heteroatoms. The van der Waals surface area contributed by atoms with Gasteiger partial charge < -0.3 is 9.64 Å². The fourth-order valence-electron chi connectivity index (χ4n) is 5.42. The maximum atomic E-state index is 11.8. The second-order valence-electron chi connectivity index (χ2n) is 8.68. The number of methoxy groups -OCH3 is 1. The minimum absolute atomic E-state index is 0.00531. The van der Waals surface area contributed by atoms with Gasteiger partial charge >= 0.3 is 5.97 Å². The maximum absolute atomic E-state index is 11.8. The van der Waals surface area contributed by atoms with Gasteiger partial charge in [-0.25, -0.2) is 0 Å². The summed E-state index contributed by atoms with van der Waals surface area (Å²) in [4.78, 5) is 18.7. The molecule has 1 heterocycles. The highest BCUT2D eigenvalue weighted by molar-refractivity contribution is 5.94. The maximum Gasteiger partial charge on any atom is 0.306 e. The van der Waals surface area contributed by atoms with Crippen molar-refractivity contribution in [2.24, 2.45) is 22.7 Å². The highest BCUT2D eigenvalue weighted by atomic mass is 16.5. The van der Waals surface area contributed by atoms with Crippen LogP contribution in [0.5, 0.6) is 0 Å². The van der Waals surface area contributed by atoms with Crippen LogP contribution in [0, 0.1) is 29.2 Å². The minimum Gasteiger partial charge on any atom is -0.469 e. The summed E-state index contributed by atoms with van der Waals surface area (Å²) in [5.74, 6) is 0.505.